The van der Waals surface area contributed by atoms with Crippen LogP contribution < -0.4 is 4.90 Å². The summed E-state index contributed by atoms with van der Waals surface area (Å²) in [5, 5.41) is 0.362. The molecule has 0 N–H and O–H groups in total. The Bertz CT molecular complexity index is 1100. The zero-order valence-electron chi connectivity index (χ0n) is 18.2. The molecule has 4 rings (SSSR count). The maximum Gasteiger partial charge on any atom is 0.338 e. The fraction of sp³-hybridized carbons (Fsp3) is 0.400. The molecule has 0 radical (unpaired) electrons. The lowest BCUT2D eigenvalue weighted by molar-refractivity contribution is -0.0174. The minimum Gasteiger partial charge on any atom is -0.458 e. The minimum absolute atomic E-state index is 0.120. The molecule has 0 aromatic heterocycles. The number of esters is 1. The lowest BCUT2D eigenvalue weighted by Gasteiger charge is -2.36. The molecule has 32 heavy (non-hydrogen) atoms. The molecule has 0 saturated heterocycles. The fourth-order valence-electron chi connectivity index (χ4n) is 4.71. The smallest absolute Gasteiger partial charge is 0.338 e. The monoisotopic (exact) mass is 473 g/mol. The molecule has 168 valence electrons. The SMILES string of the molecule is CC(C)[C@@H]1CC[C@H](C)C[C@@H]1OC(=O)c1ccc2c(c1)C(=O)N(c1cccc(Cl)c1Cl)C2=O. The topological polar surface area (TPSA) is 63.7 Å². The van der Waals surface area contributed by atoms with Crippen molar-refractivity contribution in [3.63, 3.8) is 0 Å². The van der Waals surface area contributed by atoms with Crippen molar-refractivity contribution < 1.29 is 19.1 Å². The number of hydrogen-bond acceptors (Lipinski definition) is 4. The largest absolute Gasteiger partial charge is 0.458 e. The van der Waals surface area contributed by atoms with Gasteiger partial charge in [-0.05, 0) is 60.9 Å². The number of hydrogen-bond donors (Lipinski definition) is 0. The van der Waals surface area contributed by atoms with E-state index in [9.17, 15) is 14.4 Å². The lowest BCUT2D eigenvalue weighted by Crippen LogP contribution is -2.35. The average molecular weight is 474 g/mol. The summed E-state index contributed by atoms with van der Waals surface area (Å²) in [4.78, 5) is 39.9. The van der Waals surface area contributed by atoms with E-state index in [0.29, 0.717) is 17.8 Å². The Hall–Kier alpha value is -2.37. The van der Waals surface area contributed by atoms with Gasteiger partial charge in [0.2, 0.25) is 0 Å². The van der Waals surface area contributed by atoms with E-state index >= 15 is 0 Å². The Morgan fingerprint density at radius 3 is 2.50 bits per heavy atom. The number of nitrogens with zero attached hydrogens (tertiary/aromatic N) is 1. The molecule has 1 heterocycles. The number of imide groups is 1. The van der Waals surface area contributed by atoms with E-state index in [1.165, 1.54) is 18.2 Å². The summed E-state index contributed by atoms with van der Waals surface area (Å²) in [5.74, 6) is -0.302. The van der Waals surface area contributed by atoms with E-state index in [2.05, 4.69) is 20.8 Å². The number of benzene rings is 2. The lowest BCUT2D eigenvalue weighted by atomic mass is 9.75. The van der Waals surface area contributed by atoms with Crippen LogP contribution in [0.25, 0.3) is 0 Å². The normalized spacial score (nSPS) is 22.9. The second-order valence-corrected chi connectivity index (χ2v) is 9.83. The first-order chi connectivity index (χ1) is 15.2. The first kappa shape index (κ1) is 22.8. The summed E-state index contributed by atoms with van der Waals surface area (Å²) >= 11 is 12.3. The van der Waals surface area contributed by atoms with Crippen molar-refractivity contribution >= 4 is 46.7 Å². The first-order valence-corrected chi connectivity index (χ1v) is 11.6. The number of fused-ring (bicyclic) bond motifs is 1. The molecular formula is C25H25Cl2NO4. The molecule has 1 aliphatic carbocycles. The number of anilines is 1. The van der Waals surface area contributed by atoms with Crippen molar-refractivity contribution in [3.8, 4) is 0 Å². The molecule has 2 aliphatic rings. The molecule has 2 aromatic carbocycles. The van der Waals surface area contributed by atoms with Crippen molar-refractivity contribution in [2.45, 2.75) is 46.1 Å². The molecule has 0 unspecified atom stereocenters. The van der Waals surface area contributed by atoms with Gasteiger partial charge in [-0.1, -0.05) is 56.5 Å². The molecule has 7 heteroatoms. The van der Waals surface area contributed by atoms with Gasteiger partial charge in [0.15, 0.2) is 0 Å². The quantitative estimate of drug-likeness (QED) is 0.379. The summed E-state index contributed by atoms with van der Waals surface area (Å²) in [6.07, 6.45) is 2.84. The number of rotatable bonds is 4. The van der Waals surface area contributed by atoms with E-state index in [4.69, 9.17) is 27.9 Å². The number of carbonyl (C=O) groups is 3. The highest BCUT2D eigenvalue weighted by Gasteiger charge is 2.39. The van der Waals surface area contributed by atoms with Gasteiger partial charge in [-0.25, -0.2) is 9.69 Å². The van der Waals surface area contributed by atoms with Crippen LogP contribution in [0.3, 0.4) is 0 Å². The van der Waals surface area contributed by atoms with Gasteiger partial charge in [0.1, 0.15) is 6.10 Å². The van der Waals surface area contributed by atoms with E-state index in [0.717, 1.165) is 24.2 Å². The van der Waals surface area contributed by atoms with Crippen LogP contribution >= 0.6 is 23.2 Å². The van der Waals surface area contributed by atoms with Gasteiger partial charge in [-0.15, -0.1) is 0 Å². The summed E-state index contributed by atoms with van der Waals surface area (Å²) in [7, 11) is 0. The maximum atomic E-state index is 13.1. The second-order valence-electron chi connectivity index (χ2n) is 9.05. The summed E-state index contributed by atoms with van der Waals surface area (Å²) in [5.41, 5.74) is 0.835. The molecule has 5 nitrogen and oxygen atoms in total. The van der Waals surface area contributed by atoms with Gasteiger partial charge in [0, 0.05) is 0 Å². The highest BCUT2D eigenvalue weighted by atomic mass is 35.5. The van der Waals surface area contributed by atoms with Crippen LogP contribution in [0.4, 0.5) is 5.69 Å². The van der Waals surface area contributed by atoms with Crippen LogP contribution in [0.5, 0.6) is 0 Å². The molecule has 3 atom stereocenters. The van der Waals surface area contributed by atoms with Gasteiger partial charge < -0.3 is 4.74 Å². The van der Waals surface area contributed by atoms with Crippen molar-refractivity contribution in [2.75, 3.05) is 4.90 Å². The van der Waals surface area contributed by atoms with Gasteiger partial charge in [-0.3, -0.25) is 9.59 Å². The van der Waals surface area contributed by atoms with Gasteiger partial charge in [0.25, 0.3) is 11.8 Å². The van der Waals surface area contributed by atoms with E-state index < -0.39 is 17.8 Å². The highest BCUT2D eigenvalue weighted by Crippen LogP contribution is 2.38. The number of halogens is 2. The van der Waals surface area contributed by atoms with E-state index in [1.54, 1.807) is 18.2 Å². The minimum atomic E-state index is -0.546. The van der Waals surface area contributed by atoms with Gasteiger partial charge >= 0.3 is 5.97 Å². The Kier molecular flexibility index (Phi) is 6.33. The van der Waals surface area contributed by atoms with E-state index in [1.807, 2.05) is 0 Å². The van der Waals surface area contributed by atoms with E-state index in [-0.39, 0.29) is 38.5 Å². The zero-order valence-corrected chi connectivity index (χ0v) is 19.7. The Morgan fingerprint density at radius 2 is 1.78 bits per heavy atom. The molecule has 1 fully saturated rings. The molecule has 0 spiro atoms. The van der Waals surface area contributed by atoms with Crippen molar-refractivity contribution in [1.82, 2.24) is 0 Å². The zero-order chi connectivity index (χ0) is 23.2. The maximum absolute atomic E-state index is 13.1. The highest BCUT2D eigenvalue weighted by molar-refractivity contribution is 6.46. The second kappa shape index (κ2) is 8.87. The molecule has 2 amide bonds. The van der Waals surface area contributed by atoms with Crippen LogP contribution in [0.1, 0.15) is 71.1 Å². The number of ether oxygens (including phenoxy) is 1. The van der Waals surface area contributed by atoms with Crippen molar-refractivity contribution in [1.29, 1.82) is 0 Å². The average Bonchev–Trinajstić information content (AvgIpc) is 3.00. The van der Waals surface area contributed by atoms with Crippen LogP contribution in [-0.2, 0) is 4.74 Å². The predicted molar refractivity (Wildman–Crippen MR) is 125 cm³/mol. The number of carbonyl (C=O) groups excluding carboxylic acids is 3. The molecule has 1 saturated carbocycles. The van der Waals surface area contributed by atoms with Crippen LogP contribution in [0.2, 0.25) is 10.0 Å². The first-order valence-electron chi connectivity index (χ1n) is 10.9. The summed E-state index contributed by atoms with van der Waals surface area (Å²) in [6.45, 7) is 6.47. The molecule has 1 aliphatic heterocycles. The Morgan fingerprint density at radius 1 is 1.06 bits per heavy atom. The third-order valence-electron chi connectivity index (χ3n) is 6.51. The van der Waals surface area contributed by atoms with Crippen molar-refractivity contribution in [3.05, 3.63) is 63.1 Å². The Balaban J connectivity index is 1.60. The van der Waals surface area contributed by atoms with Crippen LogP contribution in [0.15, 0.2) is 36.4 Å². The summed E-state index contributed by atoms with van der Waals surface area (Å²) < 4.78 is 5.90. The third-order valence-corrected chi connectivity index (χ3v) is 7.32. The van der Waals surface area contributed by atoms with Gasteiger partial charge in [-0.2, -0.15) is 0 Å². The predicted octanol–water partition coefficient (Wildman–Crippen LogP) is 6.41. The molecule has 0 bridgehead atoms. The summed E-state index contributed by atoms with van der Waals surface area (Å²) in [6, 6.07) is 9.22. The standard InChI is InChI=1S/C25H25Cl2NO4/c1-13(2)16-9-7-14(3)11-21(16)32-25(31)15-8-10-17-18(12-15)24(30)28(23(17)29)20-6-4-5-19(26)22(20)27/h4-6,8,10,12-14,16,21H,7,9,11H2,1-3H3/t14-,16-,21-/m0/s1. The van der Waals surface area contributed by atoms with Crippen molar-refractivity contribution in [2.24, 2.45) is 17.8 Å². The molecular weight excluding hydrogens is 449 g/mol. The fourth-order valence-corrected chi connectivity index (χ4v) is 5.09. The van der Waals surface area contributed by atoms with Gasteiger partial charge in [0.05, 0.1) is 32.4 Å². The van der Waals surface area contributed by atoms with Crippen LogP contribution in [0, 0.1) is 17.8 Å². The molecule has 2 aromatic rings. The third kappa shape index (κ3) is 4.04. The number of amides is 2. The Labute approximate surface area is 197 Å². The van der Waals surface area contributed by atoms with Crippen LogP contribution in [-0.4, -0.2) is 23.9 Å².